The summed E-state index contributed by atoms with van der Waals surface area (Å²) in [5.41, 5.74) is -0.0796. The molecule has 0 radical (unpaired) electrons. The van der Waals surface area contributed by atoms with Gasteiger partial charge in [0.1, 0.15) is 10.6 Å². The van der Waals surface area contributed by atoms with Gasteiger partial charge in [0.25, 0.3) is 0 Å². The summed E-state index contributed by atoms with van der Waals surface area (Å²) in [5, 5.41) is 18.4. The fraction of sp³-hybridized carbons (Fsp3) is 0.583. The van der Waals surface area contributed by atoms with Crippen molar-refractivity contribution in [3.63, 3.8) is 0 Å². The van der Waals surface area contributed by atoms with Gasteiger partial charge in [-0.2, -0.15) is 4.31 Å². The number of likely N-dealkylation sites (N-methyl/N-ethyl adjacent to an activating group) is 1. The molecule has 0 saturated heterocycles. The molecular formula is C12H20N2O5S. The molecule has 0 aliphatic rings. The number of aromatic nitrogens is 1. The first-order valence-corrected chi connectivity index (χ1v) is 7.61. The Morgan fingerprint density at radius 2 is 1.95 bits per heavy atom. The van der Waals surface area contributed by atoms with Crippen molar-refractivity contribution >= 4 is 16.0 Å². The molecule has 1 aromatic heterocycles. The topological polar surface area (TPSA) is 99.8 Å². The van der Waals surface area contributed by atoms with Gasteiger partial charge in [-0.15, -0.1) is 0 Å². The Labute approximate surface area is 118 Å². The molecule has 1 unspecified atom stereocenters. The van der Waals surface area contributed by atoms with Gasteiger partial charge in [-0.1, -0.05) is 0 Å². The van der Waals surface area contributed by atoms with Crippen LogP contribution in [0.5, 0.6) is 0 Å². The van der Waals surface area contributed by atoms with E-state index in [0.29, 0.717) is 0 Å². The second-order valence-electron chi connectivity index (χ2n) is 5.00. The number of aliphatic hydroxyl groups excluding tert-OH is 1. The van der Waals surface area contributed by atoms with Gasteiger partial charge in [-0.3, -0.25) is 0 Å². The van der Waals surface area contributed by atoms with Crippen LogP contribution >= 0.6 is 0 Å². The zero-order valence-corrected chi connectivity index (χ0v) is 12.8. The second kappa shape index (κ2) is 5.94. The second-order valence-corrected chi connectivity index (χ2v) is 7.05. The van der Waals surface area contributed by atoms with Crippen molar-refractivity contribution < 1.29 is 23.4 Å². The van der Waals surface area contributed by atoms with Crippen LogP contribution in [0.3, 0.4) is 0 Å². The molecule has 114 valence electrons. The molecule has 0 saturated carbocycles. The molecular weight excluding hydrogens is 284 g/mol. The number of aromatic carboxylic acids is 1. The van der Waals surface area contributed by atoms with Crippen LogP contribution in [0.15, 0.2) is 17.2 Å². The number of hydrogen-bond acceptors (Lipinski definition) is 4. The van der Waals surface area contributed by atoms with Gasteiger partial charge in [0.2, 0.25) is 10.0 Å². The molecule has 0 amide bonds. The molecule has 1 atom stereocenters. The van der Waals surface area contributed by atoms with Crippen LogP contribution in [0.2, 0.25) is 0 Å². The summed E-state index contributed by atoms with van der Waals surface area (Å²) in [6.45, 7) is 4.95. The highest BCUT2D eigenvalue weighted by atomic mass is 32.2. The van der Waals surface area contributed by atoms with Gasteiger partial charge in [0.05, 0.1) is 6.10 Å². The summed E-state index contributed by atoms with van der Waals surface area (Å²) >= 11 is 0. The molecule has 1 aromatic rings. The van der Waals surface area contributed by atoms with Gasteiger partial charge in [-0.05, 0) is 26.8 Å². The fourth-order valence-electron chi connectivity index (χ4n) is 1.84. The monoisotopic (exact) mass is 304 g/mol. The van der Waals surface area contributed by atoms with Crippen LogP contribution < -0.4 is 0 Å². The van der Waals surface area contributed by atoms with E-state index in [1.807, 2.05) is 0 Å². The van der Waals surface area contributed by atoms with Crippen molar-refractivity contribution in [3.05, 3.63) is 18.0 Å². The van der Waals surface area contributed by atoms with Crippen molar-refractivity contribution in [2.75, 3.05) is 13.6 Å². The lowest BCUT2D eigenvalue weighted by Crippen LogP contribution is -2.32. The summed E-state index contributed by atoms with van der Waals surface area (Å²) in [4.78, 5) is 11.1. The Hall–Kier alpha value is -1.38. The maximum absolute atomic E-state index is 12.3. The van der Waals surface area contributed by atoms with Crippen molar-refractivity contribution in [3.8, 4) is 0 Å². The van der Waals surface area contributed by atoms with Crippen molar-refractivity contribution in [2.45, 2.75) is 37.8 Å². The molecule has 7 nitrogen and oxygen atoms in total. The van der Waals surface area contributed by atoms with E-state index in [4.69, 9.17) is 5.11 Å². The number of carbonyl (C=O) groups is 1. The zero-order chi connectivity index (χ0) is 15.7. The molecule has 2 N–H and O–H groups in total. The molecule has 20 heavy (non-hydrogen) atoms. The van der Waals surface area contributed by atoms with Crippen LogP contribution in [0.25, 0.3) is 0 Å². The third-order valence-corrected chi connectivity index (χ3v) is 4.62. The molecule has 0 spiro atoms. The first-order valence-electron chi connectivity index (χ1n) is 6.17. The van der Waals surface area contributed by atoms with E-state index in [2.05, 4.69) is 0 Å². The summed E-state index contributed by atoms with van der Waals surface area (Å²) < 4.78 is 27.0. The average Bonchev–Trinajstić information content (AvgIpc) is 2.73. The lowest BCUT2D eigenvalue weighted by atomic mass is 10.3. The SMILES string of the molecule is CC(O)CN(C)S(=O)(=O)c1cc(C(=O)O)n(C(C)C)c1. The number of nitrogens with zero attached hydrogens (tertiary/aromatic N) is 2. The number of aliphatic hydroxyl groups is 1. The zero-order valence-electron chi connectivity index (χ0n) is 11.9. The third-order valence-electron chi connectivity index (χ3n) is 2.83. The van der Waals surface area contributed by atoms with E-state index in [-0.39, 0.29) is 23.2 Å². The van der Waals surface area contributed by atoms with E-state index in [1.165, 1.54) is 24.7 Å². The number of sulfonamides is 1. The molecule has 0 fully saturated rings. The minimum atomic E-state index is -3.81. The average molecular weight is 304 g/mol. The van der Waals surface area contributed by atoms with E-state index in [0.717, 1.165) is 10.4 Å². The predicted molar refractivity (Wildman–Crippen MR) is 73.3 cm³/mol. The largest absolute Gasteiger partial charge is 0.477 e. The van der Waals surface area contributed by atoms with Crippen LogP contribution in [0.4, 0.5) is 0 Å². The summed E-state index contributed by atoms with van der Waals surface area (Å²) in [7, 11) is -2.47. The van der Waals surface area contributed by atoms with Crippen molar-refractivity contribution in [1.29, 1.82) is 0 Å². The van der Waals surface area contributed by atoms with Crippen molar-refractivity contribution in [1.82, 2.24) is 8.87 Å². The predicted octanol–water partition coefficient (Wildman–Crippen LogP) is 0.769. The van der Waals surface area contributed by atoms with Crippen LogP contribution in [-0.4, -0.2) is 53.2 Å². The van der Waals surface area contributed by atoms with Crippen molar-refractivity contribution in [2.24, 2.45) is 0 Å². The molecule has 1 rings (SSSR count). The Morgan fingerprint density at radius 3 is 2.30 bits per heavy atom. The minimum Gasteiger partial charge on any atom is -0.477 e. The number of carboxylic acid groups (broad SMARTS) is 1. The van der Waals surface area contributed by atoms with E-state index in [1.54, 1.807) is 13.8 Å². The molecule has 0 bridgehead atoms. The smallest absolute Gasteiger partial charge is 0.352 e. The Balaban J connectivity index is 3.26. The highest BCUT2D eigenvalue weighted by molar-refractivity contribution is 7.89. The summed E-state index contributed by atoms with van der Waals surface area (Å²) in [6, 6.07) is 0.961. The molecule has 0 aliphatic carbocycles. The first kappa shape index (κ1) is 16.7. The van der Waals surface area contributed by atoms with Gasteiger partial charge in [0, 0.05) is 25.8 Å². The normalized spacial score (nSPS) is 13.9. The maximum atomic E-state index is 12.3. The molecule has 0 aliphatic heterocycles. The van der Waals surface area contributed by atoms with Gasteiger partial charge >= 0.3 is 5.97 Å². The third kappa shape index (κ3) is 3.38. The fourth-order valence-corrected chi connectivity index (χ4v) is 3.12. The van der Waals surface area contributed by atoms with Crippen LogP contribution in [0.1, 0.15) is 37.3 Å². The maximum Gasteiger partial charge on any atom is 0.352 e. The number of rotatable bonds is 6. The van der Waals surface area contributed by atoms with Gasteiger partial charge in [-0.25, -0.2) is 13.2 Å². The van der Waals surface area contributed by atoms with Gasteiger partial charge < -0.3 is 14.8 Å². The molecule has 0 aromatic carbocycles. The standard InChI is InChI=1S/C12H20N2O5S/c1-8(2)14-7-10(5-11(14)12(16)17)20(18,19)13(4)6-9(3)15/h5,7-9,15H,6H2,1-4H3,(H,16,17). The highest BCUT2D eigenvalue weighted by Gasteiger charge is 2.26. The Kier molecular flexibility index (Phi) is 4.95. The Bertz CT molecular complexity index is 589. The molecule has 1 heterocycles. The minimum absolute atomic E-state index is 0.0579. The van der Waals surface area contributed by atoms with E-state index in [9.17, 15) is 18.3 Å². The van der Waals surface area contributed by atoms with Gasteiger partial charge in [0.15, 0.2) is 0 Å². The lowest BCUT2D eigenvalue weighted by molar-refractivity contribution is 0.0683. The summed E-state index contributed by atoms with van der Waals surface area (Å²) in [5.74, 6) is -1.18. The number of hydrogen-bond donors (Lipinski definition) is 2. The quantitative estimate of drug-likeness (QED) is 0.808. The first-order chi connectivity index (χ1) is 9.07. The van der Waals surface area contributed by atoms with E-state index >= 15 is 0 Å². The number of carboxylic acids is 1. The van der Waals surface area contributed by atoms with Crippen LogP contribution in [0, 0.1) is 0 Å². The highest BCUT2D eigenvalue weighted by Crippen LogP contribution is 2.21. The van der Waals surface area contributed by atoms with Crippen LogP contribution in [-0.2, 0) is 10.0 Å². The van der Waals surface area contributed by atoms with E-state index < -0.39 is 22.1 Å². The summed E-state index contributed by atoms with van der Waals surface area (Å²) in [6.07, 6.45) is 0.503. The molecule has 8 heteroatoms. The lowest BCUT2D eigenvalue weighted by Gasteiger charge is -2.17. The Morgan fingerprint density at radius 1 is 1.40 bits per heavy atom.